The van der Waals surface area contributed by atoms with Crippen molar-refractivity contribution in [2.24, 2.45) is 0 Å². The normalized spacial score (nSPS) is 12.0. The minimum atomic E-state index is -4.36. The monoisotopic (exact) mass is 453 g/mol. The number of benzene rings is 2. The summed E-state index contributed by atoms with van der Waals surface area (Å²) in [5, 5.41) is 3.20. The van der Waals surface area contributed by atoms with E-state index in [9.17, 15) is 13.2 Å². The van der Waals surface area contributed by atoms with Gasteiger partial charge in [0.1, 0.15) is 12.2 Å². The molecule has 4 rings (SSSR count). The van der Waals surface area contributed by atoms with Crippen LogP contribution in [0, 0.1) is 0 Å². The van der Waals surface area contributed by atoms with Gasteiger partial charge in [-0.3, -0.25) is 0 Å². The summed E-state index contributed by atoms with van der Waals surface area (Å²) in [5.41, 5.74) is 2.27. The lowest BCUT2D eigenvalue weighted by molar-refractivity contribution is -0.137. The first-order chi connectivity index (χ1) is 16.0. The van der Waals surface area contributed by atoms with Gasteiger partial charge in [0.05, 0.1) is 18.7 Å². The number of anilines is 1. The molecule has 0 saturated heterocycles. The molecular formula is C24H22F3N5O. The van der Waals surface area contributed by atoms with Gasteiger partial charge in [0.2, 0.25) is 0 Å². The van der Waals surface area contributed by atoms with E-state index in [-0.39, 0.29) is 0 Å². The summed E-state index contributed by atoms with van der Waals surface area (Å²) in [6.45, 7) is 1.60. The van der Waals surface area contributed by atoms with Gasteiger partial charge in [-0.2, -0.15) is 13.2 Å². The number of imidazole rings is 1. The number of aromatic nitrogens is 4. The molecule has 0 radical (unpaired) electrons. The number of halogens is 3. The fraction of sp³-hybridized carbons (Fsp3) is 0.208. The molecule has 1 N–H and O–H groups in total. The summed E-state index contributed by atoms with van der Waals surface area (Å²) in [4.78, 5) is 13.5. The van der Waals surface area contributed by atoms with Gasteiger partial charge in [-0.1, -0.05) is 48.5 Å². The van der Waals surface area contributed by atoms with Crippen LogP contribution in [0.4, 0.5) is 19.0 Å². The Kier molecular flexibility index (Phi) is 6.69. The fourth-order valence-corrected chi connectivity index (χ4v) is 3.36. The van der Waals surface area contributed by atoms with Gasteiger partial charge >= 0.3 is 6.18 Å². The Bertz CT molecular complexity index is 1230. The van der Waals surface area contributed by atoms with Crippen molar-refractivity contribution in [3.63, 3.8) is 0 Å². The molecule has 0 spiro atoms. The van der Waals surface area contributed by atoms with E-state index >= 15 is 0 Å². The maximum atomic E-state index is 12.8. The summed E-state index contributed by atoms with van der Waals surface area (Å²) in [6, 6.07) is 14.9. The van der Waals surface area contributed by atoms with Gasteiger partial charge in [-0.05, 0) is 29.3 Å². The van der Waals surface area contributed by atoms with Crippen LogP contribution in [0.1, 0.15) is 22.5 Å². The molecule has 0 fully saturated rings. The highest BCUT2D eigenvalue weighted by atomic mass is 19.4. The molecule has 2 aromatic carbocycles. The molecular weight excluding hydrogens is 431 g/mol. The number of alkyl halides is 3. The zero-order valence-electron chi connectivity index (χ0n) is 17.9. The highest BCUT2D eigenvalue weighted by Gasteiger charge is 2.29. The van der Waals surface area contributed by atoms with Crippen LogP contribution in [0.15, 0.2) is 60.9 Å². The number of hydrogen-bond donors (Lipinski definition) is 1. The van der Waals surface area contributed by atoms with E-state index in [1.54, 1.807) is 19.3 Å². The van der Waals surface area contributed by atoms with Crippen molar-refractivity contribution < 1.29 is 17.9 Å². The second kappa shape index (κ2) is 9.83. The number of ether oxygens (including phenoxy) is 1. The third-order valence-corrected chi connectivity index (χ3v) is 5.01. The minimum Gasteiger partial charge on any atom is -0.383 e. The smallest absolute Gasteiger partial charge is 0.383 e. The van der Waals surface area contributed by atoms with E-state index in [0.29, 0.717) is 48.1 Å². The Labute approximate surface area is 188 Å². The highest BCUT2D eigenvalue weighted by Crippen LogP contribution is 2.29. The van der Waals surface area contributed by atoms with Gasteiger partial charge in [-0.25, -0.2) is 15.0 Å². The van der Waals surface area contributed by atoms with Crippen molar-refractivity contribution in [2.75, 3.05) is 25.6 Å². The maximum Gasteiger partial charge on any atom is 0.416 e. The number of nitrogens with zero attached hydrogens (tertiary/aromatic N) is 4. The third-order valence-electron chi connectivity index (χ3n) is 5.01. The van der Waals surface area contributed by atoms with Crippen LogP contribution in [0.5, 0.6) is 0 Å². The molecule has 4 aromatic rings. The van der Waals surface area contributed by atoms with Gasteiger partial charge in [0, 0.05) is 13.7 Å². The van der Waals surface area contributed by atoms with E-state index in [2.05, 4.69) is 15.3 Å². The first kappa shape index (κ1) is 22.5. The van der Waals surface area contributed by atoms with Crippen LogP contribution < -0.4 is 5.32 Å². The van der Waals surface area contributed by atoms with Crippen molar-refractivity contribution in [2.45, 2.75) is 12.7 Å². The lowest BCUT2D eigenvalue weighted by Gasteiger charge is -2.08. The number of rotatable bonds is 8. The lowest BCUT2D eigenvalue weighted by atomic mass is 10.1. The summed E-state index contributed by atoms with van der Waals surface area (Å²) in [6.07, 6.45) is 0.612. The predicted molar refractivity (Wildman–Crippen MR) is 122 cm³/mol. The standard InChI is InChI=1S/C24H22F3N5O/c1-33-14-13-28-22-21-23(30-16-29-22)32(15-18-5-3-2-4-6-18)20(31-21)12-9-17-7-10-19(11-8-17)24(25,26)27/h2-12,16H,13-15H2,1H3,(H,28,29,30)/b12-9+. The van der Waals surface area contributed by atoms with Crippen molar-refractivity contribution in [1.82, 2.24) is 19.5 Å². The average Bonchev–Trinajstić information content (AvgIpc) is 3.16. The molecule has 0 aliphatic heterocycles. The zero-order chi connectivity index (χ0) is 23.3. The second-order valence-electron chi connectivity index (χ2n) is 7.31. The molecule has 0 bridgehead atoms. The predicted octanol–water partition coefficient (Wildman–Crippen LogP) is 5.12. The molecule has 0 unspecified atom stereocenters. The highest BCUT2D eigenvalue weighted by molar-refractivity contribution is 5.85. The van der Waals surface area contributed by atoms with Crippen LogP contribution in [-0.2, 0) is 17.5 Å². The van der Waals surface area contributed by atoms with Crippen molar-refractivity contribution in [3.05, 3.63) is 83.4 Å². The summed E-state index contributed by atoms with van der Waals surface area (Å²) in [7, 11) is 1.62. The molecule has 0 atom stereocenters. The molecule has 170 valence electrons. The van der Waals surface area contributed by atoms with Crippen LogP contribution in [0.2, 0.25) is 0 Å². The van der Waals surface area contributed by atoms with Gasteiger partial charge < -0.3 is 14.6 Å². The van der Waals surface area contributed by atoms with Crippen molar-refractivity contribution in [3.8, 4) is 0 Å². The van der Waals surface area contributed by atoms with Crippen molar-refractivity contribution in [1.29, 1.82) is 0 Å². The number of methoxy groups -OCH3 is 1. The Morgan fingerprint density at radius 1 is 1.00 bits per heavy atom. The zero-order valence-corrected chi connectivity index (χ0v) is 17.9. The molecule has 0 aliphatic rings. The summed E-state index contributed by atoms with van der Waals surface area (Å²) >= 11 is 0. The Balaban J connectivity index is 1.71. The van der Waals surface area contributed by atoms with E-state index in [0.717, 1.165) is 17.7 Å². The summed E-state index contributed by atoms with van der Waals surface area (Å²) < 4.78 is 45.6. The van der Waals surface area contributed by atoms with Gasteiger partial charge in [-0.15, -0.1) is 0 Å². The first-order valence-corrected chi connectivity index (χ1v) is 10.3. The minimum absolute atomic E-state index is 0.511. The molecule has 9 heteroatoms. The molecule has 33 heavy (non-hydrogen) atoms. The summed E-state index contributed by atoms with van der Waals surface area (Å²) in [5.74, 6) is 1.21. The van der Waals surface area contributed by atoms with Crippen LogP contribution in [0.25, 0.3) is 23.3 Å². The molecule has 2 heterocycles. The lowest BCUT2D eigenvalue weighted by Crippen LogP contribution is -2.09. The first-order valence-electron chi connectivity index (χ1n) is 10.3. The average molecular weight is 453 g/mol. The number of fused-ring (bicyclic) bond motifs is 1. The Morgan fingerprint density at radius 3 is 2.45 bits per heavy atom. The SMILES string of the molecule is COCCNc1ncnc2c1nc(/C=C/c1ccc(C(F)(F)F)cc1)n2Cc1ccccc1. The van der Waals surface area contributed by atoms with E-state index in [1.165, 1.54) is 18.5 Å². The Morgan fingerprint density at radius 2 is 1.76 bits per heavy atom. The maximum absolute atomic E-state index is 12.8. The van der Waals surface area contributed by atoms with E-state index < -0.39 is 11.7 Å². The van der Waals surface area contributed by atoms with Crippen LogP contribution in [-0.4, -0.2) is 39.8 Å². The van der Waals surface area contributed by atoms with Gasteiger partial charge in [0.15, 0.2) is 17.0 Å². The van der Waals surface area contributed by atoms with Crippen LogP contribution in [0.3, 0.4) is 0 Å². The third kappa shape index (κ3) is 5.38. The van der Waals surface area contributed by atoms with E-state index in [1.807, 2.05) is 34.9 Å². The molecule has 6 nitrogen and oxygen atoms in total. The molecule has 0 aliphatic carbocycles. The van der Waals surface area contributed by atoms with E-state index in [4.69, 9.17) is 9.72 Å². The van der Waals surface area contributed by atoms with Crippen LogP contribution >= 0.6 is 0 Å². The molecule has 2 aromatic heterocycles. The van der Waals surface area contributed by atoms with Crippen molar-refractivity contribution >= 4 is 29.1 Å². The molecule has 0 amide bonds. The molecule has 0 saturated carbocycles. The number of hydrogen-bond acceptors (Lipinski definition) is 5. The number of nitrogens with one attached hydrogen (secondary N) is 1. The second-order valence-corrected chi connectivity index (χ2v) is 7.31. The quantitative estimate of drug-likeness (QED) is 0.375. The topological polar surface area (TPSA) is 64.9 Å². The largest absolute Gasteiger partial charge is 0.416 e. The fourth-order valence-electron chi connectivity index (χ4n) is 3.36. The van der Waals surface area contributed by atoms with Gasteiger partial charge in [0.25, 0.3) is 0 Å². The Hall–Kier alpha value is -3.72.